The highest BCUT2D eigenvalue weighted by atomic mass is 16.1. The molecule has 0 aliphatic rings. The number of nitrogens with zero attached hydrogens (tertiary/aromatic N) is 1. The van der Waals surface area contributed by atoms with Gasteiger partial charge in [-0.2, -0.15) is 0 Å². The van der Waals surface area contributed by atoms with Crippen LogP contribution in [0.1, 0.15) is 5.69 Å². The van der Waals surface area contributed by atoms with Gasteiger partial charge in [0, 0.05) is 17.1 Å². The maximum atomic E-state index is 11.8. The largest absolute Gasteiger partial charge is 0.323 e. The minimum absolute atomic E-state index is 0.170. The van der Waals surface area contributed by atoms with E-state index in [1.54, 1.807) is 6.08 Å². The summed E-state index contributed by atoms with van der Waals surface area (Å²) >= 11 is 0. The van der Waals surface area contributed by atoms with Crippen molar-refractivity contribution in [3.05, 3.63) is 78.5 Å². The number of carbonyl (C=O) groups excluding carboxylic acids is 1. The van der Waals surface area contributed by atoms with Crippen molar-refractivity contribution >= 4 is 28.6 Å². The van der Waals surface area contributed by atoms with Gasteiger partial charge in [-0.1, -0.05) is 42.5 Å². The molecule has 3 nitrogen and oxygen atoms in total. The van der Waals surface area contributed by atoms with Crippen LogP contribution < -0.4 is 5.32 Å². The summed E-state index contributed by atoms with van der Waals surface area (Å²) in [6.45, 7) is 0. The molecule has 0 atom stereocenters. The van der Waals surface area contributed by atoms with Gasteiger partial charge >= 0.3 is 0 Å². The Morgan fingerprint density at radius 1 is 0.905 bits per heavy atom. The van der Waals surface area contributed by atoms with Gasteiger partial charge in [0.05, 0.1) is 11.2 Å². The van der Waals surface area contributed by atoms with E-state index in [4.69, 9.17) is 0 Å². The Labute approximate surface area is 123 Å². The molecule has 2 aromatic carbocycles. The van der Waals surface area contributed by atoms with Gasteiger partial charge < -0.3 is 5.32 Å². The molecule has 1 amide bonds. The predicted molar refractivity (Wildman–Crippen MR) is 85.8 cm³/mol. The molecule has 21 heavy (non-hydrogen) atoms. The summed E-state index contributed by atoms with van der Waals surface area (Å²) in [7, 11) is 0. The van der Waals surface area contributed by atoms with Crippen LogP contribution in [0.5, 0.6) is 0 Å². The van der Waals surface area contributed by atoms with Gasteiger partial charge in [-0.25, -0.2) is 4.98 Å². The average Bonchev–Trinajstić information content (AvgIpc) is 2.54. The second-order valence-electron chi connectivity index (χ2n) is 4.62. The molecule has 3 aromatic rings. The van der Waals surface area contributed by atoms with Crippen molar-refractivity contribution in [2.24, 2.45) is 0 Å². The molecule has 0 spiro atoms. The summed E-state index contributed by atoms with van der Waals surface area (Å²) in [5, 5.41) is 3.88. The first-order valence-corrected chi connectivity index (χ1v) is 6.71. The first-order valence-electron chi connectivity index (χ1n) is 6.71. The maximum absolute atomic E-state index is 11.8. The second-order valence-corrected chi connectivity index (χ2v) is 4.62. The van der Waals surface area contributed by atoms with Crippen LogP contribution in [0, 0.1) is 0 Å². The molecule has 0 saturated carbocycles. The Morgan fingerprint density at radius 3 is 2.52 bits per heavy atom. The van der Waals surface area contributed by atoms with Gasteiger partial charge in [-0.15, -0.1) is 0 Å². The van der Waals surface area contributed by atoms with Crippen molar-refractivity contribution in [1.29, 1.82) is 0 Å². The van der Waals surface area contributed by atoms with Crippen LogP contribution in [-0.4, -0.2) is 10.9 Å². The molecule has 1 heterocycles. The van der Waals surface area contributed by atoms with Crippen molar-refractivity contribution in [2.75, 3.05) is 5.32 Å². The zero-order valence-electron chi connectivity index (χ0n) is 11.4. The summed E-state index contributed by atoms with van der Waals surface area (Å²) in [4.78, 5) is 16.3. The Morgan fingerprint density at radius 2 is 1.67 bits per heavy atom. The fourth-order valence-corrected chi connectivity index (χ4v) is 2.04. The minimum atomic E-state index is -0.170. The quantitative estimate of drug-likeness (QED) is 0.736. The summed E-state index contributed by atoms with van der Waals surface area (Å²) in [5.41, 5.74) is 2.46. The lowest BCUT2D eigenvalue weighted by Gasteiger charge is -2.01. The highest BCUT2D eigenvalue weighted by Gasteiger charge is 1.98. The van der Waals surface area contributed by atoms with E-state index in [1.807, 2.05) is 66.7 Å². The number of aromatic nitrogens is 1. The van der Waals surface area contributed by atoms with Crippen molar-refractivity contribution in [2.45, 2.75) is 0 Å². The molecule has 0 radical (unpaired) electrons. The molecule has 3 heteroatoms. The van der Waals surface area contributed by atoms with E-state index in [9.17, 15) is 4.79 Å². The van der Waals surface area contributed by atoms with E-state index in [1.165, 1.54) is 6.08 Å². The monoisotopic (exact) mass is 274 g/mol. The number of benzene rings is 2. The number of para-hydroxylation sites is 2. The Balaban J connectivity index is 1.73. The molecule has 102 valence electrons. The molecule has 0 aliphatic heterocycles. The average molecular weight is 274 g/mol. The molecule has 1 aromatic heterocycles. The molecule has 3 rings (SSSR count). The number of hydrogen-bond acceptors (Lipinski definition) is 2. The number of fused-ring (bicyclic) bond motifs is 1. The Kier molecular flexibility index (Phi) is 3.74. The van der Waals surface area contributed by atoms with Crippen LogP contribution in [0.25, 0.3) is 17.0 Å². The molecular formula is C18H14N2O. The van der Waals surface area contributed by atoms with Crippen molar-refractivity contribution in [3.8, 4) is 0 Å². The number of anilines is 1. The predicted octanol–water partition coefficient (Wildman–Crippen LogP) is 3.89. The smallest absolute Gasteiger partial charge is 0.248 e. The fraction of sp³-hybridized carbons (Fsp3) is 0. The first-order chi connectivity index (χ1) is 10.3. The molecule has 0 fully saturated rings. The Bertz CT molecular complexity index is 794. The lowest BCUT2D eigenvalue weighted by molar-refractivity contribution is -0.111. The fourth-order valence-electron chi connectivity index (χ4n) is 2.04. The lowest BCUT2D eigenvalue weighted by atomic mass is 10.2. The highest BCUT2D eigenvalue weighted by molar-refractivity contribution is 6.01. The summed E-state index contributed by atoms with van der Waals surface area (Å²) in [5.74, 6) is -0.170. The van der Waals surface area contributed by atoms with Crippen LogP contribution in [0.15, 0.2) is 72.8 Å². The van der Waals surface area contributed by atoms with Crippen LogP contribution in [-0.2, 0) is 4.79 Å². The third kappa shape index (κ3) is 3.34. The third-order valence-electron chi connectivity index (χ3n) is 3.07. The molecule has 0 bridgehead atoms. The molecule has 0 unspecified atom stereocenters. The summed E-state index contributed by atoms with van der Waals surface area (Å²) in [6, 6.07) is 21.1. The van der Waals surface area contributed by atoms with Crippen molar-refractivity contribution in [3.63, 3.8) is 0 Å². The van der Waals surface area contributed by atoms with Gasteiger partial charge in [0.15, 0.2) is 0 Å². The van der Waals surface area contributed by atoms with Crippen molar-refractivity contribution in [1.82, 2.24) is 4.98 Å². The van der Waals surface area contributed by atoms with Crippen LogP contribution >= 0.6 is 0 Å². The van der Waals surface area contributed by atoms with Gasteiger partial charge in [0.2, 0.25) is 5.91 Å². The van der Waals surface area contributed by atoms with E-state index in [-0.39, 0.29) is 5.91 Å². The van der Waals surface area contributed by atoms with E-state index < -0.39 is 0 Å². The lowest BCUT2D eigenvalue weighted by Crippen LogP contribution is -2.07. The number of amides is 1. The second kappa shape index (κ2) is 6.01. The summed E-state index contributed by atoms with van der Waals surface area (Å²) in [6.07, 6.45) is 3.20. The SMILES string of the molecule is O=C(/C=C\c1ccc2ccccc2n1)Nc1ccccc1. The minimum Gasteiger partial charge on any atom is -0.323 e. The number of pyridine rings is 1. The zero-order chi connectivity index (χ0) is 14.5. The normalized spacial score (nSPS) is 10.9. The number of carbonyl (C=O) groups is 1. The zero-order valence-corrected chi connectivity index (χ0v) is 11.4. The van der Waals surface area contributed by atoms with E-state index >= 15 is 0 Å². The van der Waals surface area contributed by atoms with E-state index in [2.05, 4.69) is 10.3 Å². The molecular weight excluding hydrogens is 260 g/mol. The van der Waals surface area contributed by atoms with Gasteiger partial charge in [0.1, 0.15) is 0 Å². The standard InChI is InChI=1S/C18H14N2O/c21-18(20-15-7-2-1-3-8-15)13-12-16-11-10-14-6-4-5-9-17(14)19-16/h1-13H,(H,20,21)/b13-12-. The number of nitrogens with one attached hydrogen (secondary N) is 1. The molecule has 1 N–H and O–H groups in total. The van der Waals surface area contributed by atoms with Crippen LogP contribution in [0.4, 0.5) is 5.69 Å². The third-order valence-corrected chi connectivity index (χ3v) is 3.07. The first kappa shape index (κ1) is 13.1. The van der Waals surface area contributed by atoms with E-state index in [0.717, 1.165) is 22.3 Å². The van der Waals surface area contributed by atoms with Gasteiger partial charge in [-0.3, -0.25) is 4.79 Å². The van der Waals surface area contributed by atoms with Crippen LogP contribution in [0.3, 0.4) is 0 Å². The number of hydrogen-bond donors (Lipinski definition) is 1. The highest BCUT2D eigenvalue weighted by Crippen LogP contribution is 2.12. The molecule has 0 aliphatic carbocycles. The maximum Gasteiger partial charge on any atom is 0.248 e. The van der Waals surface area contributed by atoms with Crippen molar-refractivity contribution < 1.29 is 4.79 Å². The number of rotatable bonds is 3. The van der Waals surface area contributed by atoms with Crippen LogP contribution in [0.2, 0.25) is 0 Å². The Hall–Kier alpha value is -2.94. The van der Waals surface area contributed by atoms with E-state index in [0.29, 0.717) is 0 Å². The molecule has 0 saturated heterocycles. The summed E-state index contributed by atoms with van der Waals surface area (Å²) < 4.78 is 0. The van der Waals surface area contributed by atoms with Gasteiger partial charge in [0.25, 0.3) is 0 Å². The van der Waals surface area contributed by atoms with Gasteiger partial charge in [-0.05, 0) is 30.3 Å². The topological polar surface area (TPSA) is 42.0 Å².